The number of hydrogen-bond acceptors (Lipinski definition) is 2. The molecule has 0 aromatic heterocycles. The molecule has 1 atom stereocenters. The van der Waals surface area contributed by atoms with E-state index in [4.69, 9.17) is 0 Å². The molecule has 1 fully saturated rings. The summed E-state index contributed by atoms with van der Waals surface area (Å²) >= 11 is 0. The van der Waals surface area contributed by atoms with Crippen molar-refractivity contribution >= 4 is 24.0 Å². The van der Waals surface area contributed by atoms with Gasteiger partial charge in [-0.3, -0.25) is 4.79 Å². The second-order valence-electron chi connectivity index (χ2n) is 5.55. The third-order valence-electron chi connectivity index (χ3n) is 4.01. The van der Waals surface area contributed by atoms with Crippen LogP contribution >= 0.6 is 12.4 Å². The number of likely N-dealkylation sites (tertiary alicyclic amines) is 1. The smallest absolute Gasteiger partial charge is 0.253 e. The fourth-order valence-corrected chi connectivity index (χ4v) is 2.99. The number of halogens is 1. The van der Waals surface area contributed by atoms with E-state index in [1.165, 1.54) is 17.7 Å². The van der Waals surface area contributed by atoms with Gasteiger partial charge >= 0.3 is 0 Å². The summed E-state index contributed by atoms with van der Waals surface area (Å²) in [6.45, 7) is 5.05. The van der Waals surface area contributed by atoms with E-state index >= 15 is 0 Å². The monoisotopic (exact) mass is 280 g/mol. The summed E-state index contributed by atoms with van der Waals surface area (Å²) in [5, 5.41) is 3.33. The summed E-state index contributed by atoms with van der Waals surface area (Å²) < 4.78 is 0. The molecular weight excluding hydrogens is 260 g/mol. The van der Waals surface area contributed by atoms with Crippen LogP contribution in [0.5, 0.6) is 0 Å². The van der Waals surface area contributed by atoms with Gasteiger partial charge in [0.2, 0.25) is 0 Å². The molecule has 1 saturated heterocycles. The number of carbonyl (C=O) groups is 1. The first-order chi connectivity index (χ1) is 8.74. The number of anilines is 1. The Morgan fingerprint density at radius 2 is 2.26 bits per heavy atom. The molecule has 1 amide bonds. The molecule has 19 heavy (non-hydrogen) atoms. The summed E-state index contributed by atoms with van der Waals surface area (Å²) in [4.78, 5) is 14.5. The normalized spacial score (nSPS) is 21.3. The van der Waals surface area contributed by atoms with Gasteiger partial charge in [0.05, 0.1) is 0 Å². The minimum absolute atomic E-state index is 0. The van der Waals surface area contributed by atoms with Crippen molar-refractivity contribution in [1.29, 1.82) is 0 Å². The van der Waals surface area contributed by atoms with E-state index in [-0.39, 0.29) is 18.3 Å². The Morgan fingerprint density at radius 1 is 1.42 bits per heavy atom. The lowest BCUT2D eigenvalue weighted by Gasteiger charge is -2.31. The molecule has 0 aliphatic carbocycles. The molecular formula is C15H21ClN2O. The average molecular weight is 281 g/mol. The van der Waals surface area contributed by atoms with Gasteiger partial charge in [0, 0.05) is 30.9 Å². The second kappa shape index (κ2) is 5.83. The lowest BCUT2D eigenvalue weighted by molar-refractivity contribution is 0.0683. The van der Waals surface area contributed by atoms with Crippen molar-refractivity contribution < 1.29 is 4.79 Å². The Morgan fingerprint density at radius 3 is 3.05 bits per heavy atom. The molecule has 4 heteroatoms. The Balaban J connectivity index is 0.00000133. The Hall–Kier alpha value is -1.22. The predicted molar refractivity (Wildman–Crippen MR) is 80.2 cm³/mol. The van der Waals surface area contributed by atoms with E-state index in [0.29, 0.717) is 5.92 Å². The molecule has 3 rings (SSSR count). The first-order valence-corrected chi connectivity index (χ1v) is 6.90. The number of fused-ring (bicyclic) bond motifs is 1. The second-order valence-corrected chi connectivity index (χ2v) is 5.55. The molecule has 2 aliphatic heterocycles. The van der Waals surface area contributed by atoms with Crippen molar-refractivity contribution in [1.82, 2.24) is 4.90 Å². The first kappa shape index (κ1) is 14.2. The van der Waals surface area contributed by atoms with E-state index in [1.54, 1.807) is 0 Å². The van der Waals surface area contributed by atoms with Gasteiger partial charge < -0.3 is 10.2 Å². The van der Waals surface area contributed by atoms with Crippen LogP contribution in [0.3, 0.4) is 0 Å². The van der Waals surface area contributed by atoms with Gasteiger partial charge in [-0.1, -0.05) is 6.92 Å². The third-order valence-corrected chi connectivity index (χ3v) is 4.01. The summed E-state index contributed by atoms with van der Waals surface area (Å²) in [5.74, 6) is 0.843. The largest absolute Gasteiger partial charge is 0.384 e. The number of rotatable bonds is 1. The molecule has 1 unspecified atom stereocenters. The summed E-state index contributed by atoms with van der Waals surface area (Å²) in [7, 11) is 0. The lowest BCUT2D eigenvalue weighted by atomic mass is 9.99. The standard InChI is InChI=1S/C15H20N2O.ClH/c1-11-3-2-8-17(10-11)15(18)13-4-5-14-12(9-13)6-7-16-14;/h4-5,9,11,16H,2-3,6-8,10H2,1H3;1H. The molecule has 0 radical (unpaired) electrons. The molecule has 0 spiro atoms. The van der Waals surface area contributed by atoms with Gasteiger partial charge in [-0.2, -0.15) is 0 Å². The number of carbonyl (C=O) groups excluding carboxylic acids is 1. The number of nitrogens with zero attached hydrogens (tertiary/aromatic N) is 1. The van der Waals surface area contributed by atoms with E-state index in [9.17, 15) is 4.79 Å². The SMILES string of the molecule is CC1CCCN(C(=O)c2ccc3c(c2)CCN3)C1.Cl. The molecule has 0 bridgehead atoms. The zero-order valence-corrected chi connectivity index (χ0v) is 12.1. The molecule has 1 N–H and O–H groups in total. The average Bonchev–Trinajstić information content (AvgIpc) is 2.85. The maximum absolute atomic E-state index is 12.5. The van der Waals surface area contributed by atoms with Crippen molar-refractivity contribution in [3.63, 3.8) is 0 Å². The van der Waals surface area contributed by atoms with Crippen molar-refractivity contribution in [3.05, 3.63) is 29.3 Å². The van der Waals surface area contributed by atoms with Gasteiger partial charge in [0.25, 0.3) is 5.91 Å². The highest BCUT2D eigenvalue weighted by molar-refractivity contribution is 5.95. The first-order valence-electron chi connectivity index (χ1n) is 6.90. The third kappa shape index (κ3) is 2.86. The van der Waals surface area contributed by atoms with Crippen LogP contribution in [0.1, 0.15) is 35.7 Å². The van der Waals surface area contributed by atoms with Crippen LogP contribution in [0.2, 0.25) is 0 Å². The van der Waals surface area contributed by atoms with E-state index in [0.717, 1.165) is 38.0 Å². The number of piperidine rings is 1. The van der Waals surface area contributed by atoms with Gasteiger partial charge in [0.1, 0.15) is 0 Å². The van der Waals surface area contributed by atoms with Gasteiger partial charge in [0.15, 0.2) is 0 Å². The molecule has 104 valence electrons. The summed E-state index contributed by atoms with van der Waals surface area (Å²) in [5.41, 5.74) is 3.33. The number of amides is 1. The summed E-state index contributed by atoms with van der Waals surface area (Å²) in [6, 6.07) is 6.07. The number of benzene rings is 1. The predicted octanol–water partition coefficient (Wildman–Crippen LogP) is 2.95. The van der Waals surface area contributed by atoms with Gasteiger partial charge in [-0.05, 0) is 48.9 Å². The fourth-order valence-electron chi connectivity index (χ4n) is 2.99. The minimum atomic E-state index is 0. The van der Waals surface area contributed by atoms with Gasteiger partial charge in [-0.25, -0.2) is 0 Å². The lowest BCUT2D eigenvalue weighted by Crippen LogP contribution is -2.39. The van der Waals surface area contributed by atoms with Crippen molar-refractivity contribution in [2.45, 2.75) is 26.2 Å². The molecule has 1 aromatic rings. The summed E-state index contributed by atoms with van der Waals surface area (Å²) in [6.07, 6.45) is 3.42. The van der Waals surface area contributed by atoms with E-state index in [1.807, 2.05) is 17.0 Å². The zero-order valence-electron chi connectivity index (χ0n) is 11.3. The van der Waals surface area contributed by atoms with Crippen LogP contribution in [0.15, 0.2) is 18.2 Å². The van der Waals surface area contributed by atoms with Crippen LogP contribution in [-0.2, 0) is 6.42 Å². The van der Waals surface area contributed by atoms with Gasteiger partial charge in [-0.15, -0.1) is 12.4 Å². The Bertz CT molecular complexity index is 475. The minimum Gasteiger partial charge on any atom is -0.384 e. The van der Waals surface area contributed by atoms with Crippen molar-refractivity contribution in [2.75, 3.05) is 25.0 Å². The van der Waals surface area contributed by atoms with E-state index in [2.05, 4.69) is 18.3 Å². The maximum atomic E-state index is 12.5. The Kier molecular flexibility index (Phi) is 4.35. The number of nitrogens with one attached hydrogen (secondary N) is 1. The van der Waals surface area contributed by atoms with Crippen LogP contribution in [-0.4, -0.2) is 30.4 Å². The maximum Gasteiger partial charge on any atom is 0.253 e. The number of hydrogen-bond donors (Lipinski definition) is 1. The van der Waals surface area contributed by atoms with Crippen LogP contribution in [0, 0.1) is 5.92 Å². The highest BCUT2D eigenvalue weighted by atomic mass is 35.5. The Labute approximate surface area is 120 Å². The highest BCUT2D eigenvalue weighted by Crippen LogP contribution is 2.24. The molecule has 1 aromatic carbocycles. The van der Waals surface area contributed by atoms with Crippen LogP contribution in [0.4, 0.5) is 5.69 Å². The quantitative estimate of drug-likeness (QED) is 0.858. The highest BCUT2D eigenvalue weighted by Gasteiger charge is 2.23. The van der Waals surface area contributed by atoms with Crippen LogP contribution < -0.4 is 5.32 Å². The molecule has 2 heterocycles. The van der Waals surface area contributed by atoms with Crippen molar-refractivity contribution in [3.8, 4) is 0 Å². The molecule has 0 saturated carbocycles. The van der Waals surface area contributed by atoms with Crippen molar-refractivity contribution in [2.24, 2.45) is 5.92 Å². The fraction of sp³-hybridized carbons (Fsp3) is 0.533. The van der Waals surface area contributed by atoms with E-state index < -0.39 is 0 Å². The molecule has 3 nitrogen and oxygen atoms in total. The topological polar surface area (TPSA) is 32.3 Å². The zero-order chi connectivity index (χ0) is 12.5. The van der Waals surface area contributed by atoms with Crippen LogP contribution in [0.25, 0.3) is 0 Å². The molecule has 2 aliphatic rings.